The minimum absolute atomic E-state index is 0.0747. The third kappa shape index (κ3) is 4.70. The maximum Gasteiger partial charge on any atom is 0.240 e. The number of aromatic nitrogens is 1. The van der Waals surface area contributed by atoms with Gasteiger partial charge < -0.3 is 4.90 Å². The first-order valence-electron chi connectivity index (χ1n) is 8.15. The van der Waals surface area contributed by atoms with Crippen LogP contribution < -0.4 is 0 Å². The number of hydrogen-bond acceptors (Lipinski definition) is 3. The summed E-state index contributed by atoms with van der Waals surface area (Å²) in [7, 11) is 1.83. The van der Waals surface area contributed by atoms with Crippen LogP contribution in [0.15, 0.2) is 90.0 Å². The highest BCUT2D eigenvalue weighted by Gasteiger charge is 2.25. The Labute approximate surface area is 152 Å². The molecule has 126 valence electrons. The zero-order chi connectivity index (χ0) is 17.5. The number of hydrogen-bond donors (Lipinski definition) is 0. The van der Waals surface area contributed by atoms with Gasteiger partial charge in [-0.2, -0.15) is 0 Å². The van der Waals surface area contributed by atoms with Crippen LogP contribution in [0.25, 0.3) is 0 Å². The van der Waals surface area contributed by atoms with Gasteiger partial charge in [-0.15, -0.1) is 11.8 Å². The fourth-order valence-corrected chi connectivity index (χ4v) is 3.70. The van der Waals surface area contributed by atoms with Crippen LogP contribution in [0, 0.1) is 0 Å². The Bertz CT molecular complexity index is 794. The summed E-state index contributed by atoms with van der Waals surface area (Å²) in [6.07, 6.45) is 1.75. The van der Waals surface area contributed by atoms with E-state index in [-0.39, 0.29) is 11.2 Å². The molecule has 0 aliphatic heterocycles. The van der Waals surface area contributed by atoms with E-state index in [9.17, 15) is 4.79 Å². The first-order chi connectivity index (χ1) is 12.2. The van der Waals surface area contributed by atoms with Gasteiger partial charge in [0.15, 0.2) is 0 Å². The molecule has 1 amide bonds. The van der Waals surface area contributed by atoms with Crippen molar-refractivity contribution in [2.24, 2.45) is 0 Å². The van der Waals surface area contributed by atoms with Gasteiger partial charge in [-0.3, -0.25) is 9.78 Å². The Kier molecular flexibility index (Phi) is 5.86. The van der Waals surface area contributed by atoms with E-state index in [1.165, 1.54) is 0 Å². The molecule has 0 bridgehead atoms. The smallest absolute Gasteiger partial charge is 0.240 e. The molecule has 0 aliphatic rings. The second kappa shape index (κ2) is 8.49. The number of rotatable bonds is 6. The molecule has 0 N–H and O–H groups in total. The summed E-state index contributed by atoms with van der Waals surface area (Å²) in [5, 5.41) is -0.280. The molecule has 3 aromatic rings. The predicted molar refractivity (Wildman–Crippen MR) is 102 cm³/mol. The quantitative estimate of drug-likeness (QED) is 0.612. The van der Waals surface area contributed by atoms with Crippen LogP contribution in [0.5, 0.6) is 0 Å². The molecule has 3 nitrogen and oxygen atoms in total. The van der Waals surface area contributed by atoms with Gasteiger partial charge in [0.25, 0.3) is 0 Å². The van der Waals surface area contributed by atoms with E-state index in [4.69, 9.17) is 0 Å². The van der Waals surface area contributed by atoms with Gasteiger partial charge in [-0.25, -0.2) is 0 Å². The van der Waals surface area contributed by atoms with E-state index in [1.54, 1.807) is 22.9 Å². The molecule has 0 radical (unpaired) electrons. The molecule has 0 saturated carbocycles. The number of thioether (sulfide) groups is 1. The van der Waals surface area contributed by atoms with E-state index in [0.29, 0.717) is 6.54 Å². The molecule has 0 saturated heterocycles. The van der Waals surface area contributed by atoms with Crippen molar-refractivity contribution in [1.29, 1.82) is 0 Å². The fourth-order valence-electron chi connectivity index (χ4n) is 2.54. The van der Waals surface area contributed by atoms with Crippen LogP contribution in [0.2, 0.25) is 0 Å². The second-order valence-corrected chi connectivity index (χ2v) is 6.92. The Morgan fingerprint density at radius 2 is 1.60 bits per heavy atom. The fraction of sp³-hybridized carbons (Fsp3) is 0.143. The molecular formula is C21H20N2OS. The Morgan fingerprint density at radius 3 is 2.24 bits per heavy atom. The number of benzene rings is 2. The second-order valence-electron chi connectivity index (χ2n) is 5.74. The zero-order valence-corrected chi connectivity index (χ0v) is 14.9. The van der Waals surface area contributed by atoms with Gasteiger partial charge in [0.2, 0.25) is 5.91 Å². The number of pyridine rings is 1. The highest BCUT2D eigenvalue weighted by Crippen LogP contribution is 2.36. The van der Waals surface area contributed by atoms with Gasteiger partial charge in [0.1, 0.15) is 5.25 Å². The van der Waals surface area contributed by atoms with Crippen molar-refractivity contribution in [2.75, 3.05) is 7.05 Å². The van der Waals surface area contributed by atoms with Crippen molar-refractivity contribution in [3.05, 3.63) is 96.3 Å². The number of carbonyl (C=O) groups is 1. The molecule has 1 aromatic heterocycles. The first kappa shape index (κ1) is 17.2. The lowest BCUT2D eigenvalue weighted by Gasteiger charge is -2.23. The van der Waals surface area contributed by atoms with Crippen molar-refractivity contribution in [3.63, 3.8) is 0 Å². The van der Waals surface area contributed by atoms with Crippen molar-refractivity contribution in [2.45, 2.75) is 16.7 Å². The molecule has 1 heterocycles. The third-order valence-electron chi connectivity index (χ3n) is 3.83. The summed E-state index contributed by atoms with van der Waals surface area (Å²) in [6, 6.07) is 25.7. The molecule has 2 aromatic carbocycles. The number of amides is 1. The number of carbonyl (C=O) groups excluding carboxylic acids is 1. The summed E-state index contributed by atoms with van der Waals surface area (Å²) < 4.78 is 0. The highest BCUT2D eigenvalue weighted by molar-refractivity contribution is 8.00. The molecule has 0 spiro atoms. The van der Waals surface area contributed by atoms with Gasteiger partial charge in [0, 0.05) is 18.1 Å². The summed E-state index contributed by atoms with van der Waals surface area (Å²) >= 11 is 1.58. The molecule has 1 unspecified atom stereocenters. The predicted octanol–water partition coefficient (Wildman–Crippen LogP) is 4.57. The average molecular weight is 348 g/mol. The van der Waals surface area contributed by atoms with Crippen molar-refractivity contribution < 1.29 is 4.79 Å². The van der Waals surface area contributed by atoms with Crippen LogP contribution in [-0.4, -0.2) is 22.8 Å². The standard InChI is InChI=1S/C21H20N2OS/c1-23(16-18-12-8-9-15-22-18)21(24)20(17-10-4-2-5-11-17)25-19-13-6-3-7-14-19/h2-15,20H,16H2,1H3. The highest BCUT2D eigenvalue weighted by atomic mass is 32.2. The number of likely N-dealkylation sites (N-methyl/N-ethyl adjacent to an activating group) is 1. The van der Waals surface area contributed by atoms with Crippen molar-refractivity contribution in [1.82, 2.24) is 9.88 Å². The number of nitrogens with zero attached hydrogens (tertiary/aromatic N) is 2. The Balaban J connectivity index is 1.81. The van der Waals surface area contributed by atoms with E-state index in [1.807, 2.05) is 85.9 Å². The Hall–Kier alpha value is -2.59. The van der Waals surface area contributed by atoms with Crippen LogP contribution in [0.3, 0.4) is 0 Å². The average Bonchev–Trinajstić information content (AvgIpc) is 2.68. The van der Waals surface area contributed by atoms with Gasteiger partial charge >= 0.3 is 0 Å². The topological polar surface area (TPSA) is 33.2 Å². The molecule has 3 rings (SSSR count). The molecule has 0 fully saturated rings. The lowest BCUT2D eigenvalue weighted by molar-refractivity contribution is -0.130. The maximum absolute atomic E-state index is 13.1. The van der Waals surface area contributed by atoms with Crippen LogP contribution in [0.1, 0.15) is 16.5 Å². The van der Waals surface area contributed by atoms with Crippen LogP contribution in [-0.2, 0) is 11.3 Å². The Morgan fingerprint density at radius 1 is 0.960 bits per heavy atom. The largest absolute Gasteiger partial charge is 0.339 e. The lowest BCUT2D eigenvalue weighted by Crippen LogP contribution is -2.30. The summed E-state index contributed by atoms with van der Waals surface area (Å²) in [5.74, 6) is 0.0747. The van der Waals surface area contributed by atoms with Gasteiger partial charge in [0.05, 0.1) is 12.2 Å². The molecule has 25 heavy (non-hydrogen) atoms. The zero-order valence-electron chi connectivity index (χ0n) is 14.1. The molecular weight excluding hydrogens is 328 g/mol. The van der Waals surface area contributed by atoms with Crippen molar-refractivity contribution >= 4 is 17.7 Å². The molecule has 4 heteroatoms. The minimum Gasteiger partial charge on any atom is -0.339 e. The van der Waals surface area contributed by atoms with E-state index in [2.05, 4.69) is 4.98 Å². The first-order valence-corrected chi connectivity index (χ1v) is 9.03. The summed E-state index contributed by atoms with van der Waals surface area (Å²) in [5.41, 5.74) is 1.89. The summed E-state index contributed by atoms with van der Waals surface area (Å²) in [4.78, 5) is 20.3. The van der Waals surface area contributed by atoms with Gasteiger partial charge in [-0.1, -0.05) is 54.6 Å². The van der Waals surface area contributed by atoms with Crippen LogP contribution >= 0.6 is 11.8 Å². The van der Waals surface area contributed by atoms with Gasteiger partial charge in [-0.05, 0) is 29.8 Å². The SMILES string of the molecule is CN(Cc1ccccn1)C(=O)C(Sc1ccccc1)c1ccccc1. The van der Waals surface area contributed by atoms with E-state index < -0.39 is 0 Å². The van der Waals surface area contributed by atoms with E-state index >= 15 is 0 Å². The molecule has 1 atom stereocenters. The monoisotopic (exact) mass is 348 g/mol. The third-order valence-corrected chi connectivity index (χ3v) is 5.08. The lowest BCUT2D eigenvalue weighted by atomic mass is 10.1. The summed E-state index contributed by atoms with van der Waals surface area (Å²) in [6.45, 7) is 0.498. The van der Waals surface area contributed by atoms with E-state index in [0.717, 1.165) is 16.2 Å². The molecule has 0 aliphatic carbocycles. The van der Waals surface area contributed by atoms with Crippen LogP contribution in [0.4, 0.5) is 0 Å². The normalized spacial score (nSPS) is 11.7. The van der Waals surface area contributed by atoms with Crippen molar-refractivity contribution in [3.8, 4) is 0 Å². The minimum atomic E-state index is -0.280. The maximum atomic E-state index is 13.1.